The Kier molecular flexibility index (Phi) is 5.45. The van der Waals surface area contributed by atoms with Gasteiger partial charge in [-0.2, -0.15) is 0 Å². The Bertz CT molecular complexity index is 143. The first-order chi connectivity index (χ1) is 6.74. The van der Waals surface area contributed by atoms with Gasteiger partial charge in [0.1, 0.15) is 0 Å². The van der Waals surface area contributed by atoms with E-state index < -0.39 is 0 Å². The van der Waals surface area contributed by atoms with Crippen molar-refractivity contribution in [3.63, 3.8) is 0 Å². The van der Waals surface area contributed by atoms with E-state index in [9.17, 15) is 0 Å². The Morgan fingerprint density at radius 1 is 1.36 bits per heavy atom. The minimum atomic E-state index is 0.742. The van der Waals surface area contributed by atoms with E-state index in [1.807, 2.05) is 0 Å². The molecule has 0 bridgehead atoms. The van der Waals surface area contributed by atoms with Gasteiger partial charge in [-0.1, -0.05) is 6.92 Å². The van der Waals surface area contributed by atoms with Crippen LogP contribution >= 0.6 is 0 Å². The molecule has 1 fully saturated rings. The smallest absolute Gasteiger partial charge is 0.0110 e. The molecule has 1 N–H and O–H groups in total. The average molecular weight is 199 g/mol. The number of hydrogen-bond acceptors (Lipinski definition) is 3. The second kappa shape index (κ2) is 6.38. The van der Waals surface area contributed by atoms with Crippen molar-refractivity contribution in [3.8, 4) is 0 Å². The van der Waals surface area contributed by atoms with Gasteiger partial charge < -0.3 is 10.2 Å². The minimum absolute atomic E-state index is 0.742. The molecule has 14 heavy (non-hydrogen) atoms. The number of nitrogens with zero attached hydrogens (tertiary/aromatic N) is 2. The summed E-state index contributed by atoms with van der Waals surface area (Å²) >= 11 is 0. The lowest BCUT2D eigenvalue weighted by Gasteiger charge is -2.33. The SMILES string of the molecule is CCN(C)CCC(C)N1CCNCC1. The fourth-order valence-corrected chi connectivity index (χ4v) is 1.87. The zero-order valence-electron chi connectivity index (χ0n) is 9.92. The van der Waals surface area contributed by atoms with E-state index in [-0.39, 0.29) is 0 Å². The van der Waals surface area contributed by atoms with Gasteiger partial charge in [-0.15, -0.1) is 0 Å². The van der Waals surface area contributed by atoms with E-state index in [1.165, 1.54) is 26.1 Å². The monoisotopic (exact) mass is 199 g/mol. The molecule has 0 aromatic heterocycles. The van der Waals surface area contributed by atoms with Crippen LogP contribution in [0, 0.1) is 0 Å². The average Bonchev–Trinajstić information content (AvgIpc) is 2.26. The van der Waals surface area contributed by atoms with E-state index in [4.69, 9.17) is 0 Å². The lowest BCUT2D eigenvalue weighted by Crippen LogP contribution is -2.48. The summed E-state index contributed by atoms with van der Waals surface area (Å²) < 4.78 is 0. The Morgan fingerprint density at radius 2 is 2.00 bits per heavy atom. The molecule has 1 aliphatic heterocycles. The predicted octanol–water partition coefficient (Wildman–Crippen LogP) is 0.622. The minimum Gasteiger partial charge on any atom is -0.314 e. The molecular weight excluding hydrogens is 174 g/mol. The summed E-state index contributed by atoms with van der Waals surface area (Å²) in [5.41, 5.74) is 0. The molecule has 0 spiro atoms. The first-order valence-corrected chi connectivity index (χ1v) is 5.87. The second-order valence-corrected chi connectivity index (χ2v) is 4.32. The summed E-state index contributed by atoms with van der Waals surface area (Å²) in [4.78, 5) is 4.98. The highest BCUT2D eigenvalue weighted by atomic mass is 15.2. The fraction of sp³-hybridized carbons (Fsp3) is 1.00. The summed E-state index contributed by atoms with van der Waals surface area (Å²) in [7, 11) is 2.20. The van der Waals surface area contributed by atoms with Crippen LogP contribution in [0.4, 0.5) is 0 Å². The first-order valence-electron chi connectivity index (χ1n) is 5.87. The van der Waals surface area contributed by atoms with Crippen LogP contribution in [0.25, 0.3) is 0 Å². The Morgan fingerprint density at radius 3 is 2.57 bits per heavy atom. The lowest BCUT2D eigenvalue weighted by molar-refractivity contribution is 0.164. The van der Waals surface area contributed by atoms with E-state index in [0.29, 0.717) is 0 Å². The Hall–Kier alpha value is -0.120. The molecule has 0 radical (unpaired) electrons. The van der Waals surface area contributed by atoms with Crippen LogP contribution in [0.5, 0.6) is 0 Å². The van der Waals surface area contributed by atoms with Crippen molar-refractivity contribution in [3.05, 3.63) is 0 Å². The van der Waals surface area contributed by atoms with Crippen molar-refractivity contribution >= 4 is 0 Å². The van der Waals surface area contributed by atoms with Crippen LogP contribution in [-0.4, -0.2) is 62.2 Å². The van der Waals surface area contributed by atoms with Crippen LogP contribution in [-0.2, 0) is 0 Å². The predicted molar refractivity (Wildman–Crippen MR) is 61.7 cm³/mol. The van der Waals surface area contributed by atoms with Gasteiger partial charge in [0, 0.05) is 32.2 Å². The van der Waals surface area contributed by atoms with Crippen LogP contribution in [0.2, 0.25) is 0 Å². The third-order valence-electron chi connectivity index (χ3n) is 3.24. The maximum atomic E-state index is 3.39. The zero-order chi connectivity index (χ0) is 10.4. The van der Waals surface area contributed by atoms with Crippen LogP contribution in [0.3, 0.4) is 0 Å². The Balaban J connectivity index is 2.16. The molecule has 0 aromatic rings. The summed E-state index contributed by atoms with van der Waals surface area (Å²) in [5, 5.41) is 3.39. The highest BCUT2D eigenvalue weighted by Crippen LogP contribution is 2.05. The molecule has 0 aliphatic carbocycles. The van der Waals surface area contributed by atoms with Gasteiger partial charge in [0.05, 0.1) is 0 Å². The molecule has 1 atom stereocenters. The first kappa shape index (κ1) is 12.0. The van der Waals surface area contributed by atoms with Crippen LogP contribution in [0.15, 0.2) is 0 Å². The molecular formula is C11H25N3. The van der Waals surface area contributed by atoms with E-state index in [0.717, 1.165) is 25.7 Å². The van der Waals surface area contributed by atoms with E-state index in [1.54, 1.807) is 0 Å². The molecule has 1 saturated heterocycles. The van der Waals surface area contributed by atoms with E-state index in [2.05, 4.69) is 36.0 Å². The number of piperazine rings is 1. The van der Waals surface area contributed by atoms with Crippen molar-refractivity contribution in [1.29, 1.82) is 0 Å². The molecule has 3 nitrogen and oxygen atoms in total. The van der Waals surface area contributed by atoms with Crippen molar-refractivity contribution in [2.45, 2.75) is 26.3 Å². The number of hydrogen-bond donors (Lipinski definition) is 1. The van der Waals surface area contributed by atoms with Gasteiger partial charge in [0.2, 0.25) is 0 Å². The zero-order valence-corrected chi connectivity index (χ0v) is 9.92. The van der Waals surface area contributed by atoms with Gasteiger partial charge in [0.25, 0.3) is 0 Å². The van der Waals surface area contributed by atoms with Gasteiger partial charge in [-0.05, 0) is 33.5 Å². The van der Waals surface area contributed by atoms with Crippen molar-refractivity contribution in [2.75, 3.05) is 46.3 Å². The molecule has 1 rings (SSSR count). The van der Waals surface area contributed by atoms with Gasteiger partial charge in [0.15, 0.2) is 0 Å². The van der Waals surface area contributed by atoms with Crippen LogP contribution in [0.1, 0.15) is 20.3 Å². The maximum Gasteiger partial charge on any atom is 0.0110 e. The van der Waals surface area contributed by atoms with Crippen LogP contribution < -0.4 is 5.32 Å². The number of rotatable bonds is 5. The molecule has 1 unspecified atom stereocenters. The normalized spacial score (nSPS) is 21.4. The molecule has 1 heterocycles. The fourth-order valence-electron chi connectivity index (χ4n) is 1.87. The molecule has 84 valence electrons. The van der Waals surface area contributed by atoms with Gasteiger partial charge in [-0.25, -0.2) is 0 Å². The lowest BCUT2D eigenvalue weighted by atomic mass is 10.1. The van der Waals surface area contributed by atoms with Crippen molar-refractivity contribution < 1.29 is 0 Å². The third kappa shape index (κ3) is 3.95. The van der Waals surface area contributed by atoms with Crippen molar-refractivity contribution in [2.24, 2.45) is 0 Å². The quantitative estimate of drug-likeness (QED) is 0.700. The van der Waals surface area contributed by atoms with Gasteiger partial charge >= 0.3 is 0 Å². The summed E-state index contributed by atoms with van der Waals surface area (Å²) in [6.07, 6.45) is 1.30. The summed E-state index contributed by atoms with van der Waals surface area (Å²) in [6.45, 7) is 11.7. The molecule has 0 amide bonds. The summed E-state index contributed by atoms with van der Waals surface area (Å²) in [5.74, 6) is 0. The highest BCUT2D eigenvalue weighted by Gasteiger charge is 2.15. The summed E-state index contributed by atoms with van der Waals surface area (Å²) in [6, 6.07) is 0.742. The topological polar surface area (TPSA) is 18.5 Å². The molecule has 0 aromatic carbocycles. The van der Waals surface area contributed by atoms with Crippen molar-refractivity contribution in [1.82, 2.24) is 15.1 Å². The standard InChI is InChI=1S/C11H25N3/c1-4-13(3)8-5-11(2)14-9-6-12-7-10-14/h11-12H,4-10H2,1-3H3. The maximum absolute atomic E-state index is 3.39. The van der Waals surface area contributed by atoms with E-state index >= 15 is 0 Å². The Labute approximate surface area is 88.5 Å². The second-order valence-electron chi connectivity index (χ2n) is 4.32. The third-order valence-corrected chi connectivity index (χ3v) is 3.24. The number of nitrogens with one attached hydrogen (secondary N) is 1. The molecule has 3 heteroatoms. The largest absolute Gasteiger partial charge is 0.314 e. The highest BCUT2D eigenvalue weighted by molar-refractivity contribution is 4.74. The molecule has 0 saturated carbocycles. The van der Waals surface area contributed by atoms with Gasteiger partial charge in [-0.3, -0.25) is 4.90 Å². The molecule has 1 aliphatic rings.